The van der Waals surface area contributed by atoms with Crippen molar-refractivity contribution in [2.75, 3.05) is 12.8 Å². The maximum atomic E-state index is 5.80. The quantitative estimate of drug-likeness (QED) is 0.775. The molecule has 0 spiro atoms. The molecule has 100 valence electrons. The van der Waals surface area contributed by atoms with E-state index in [1.54, 1.807) is 19.2 Å². The number of nitrogens with two attached hydrogens (primary N) is 1. The molecule has 0 aliphatic heterocycles. The number of aromatic nitrogens is 2. The summed E-state index contributed by atoms with van der Waals surface area (Å²) in [5.41, 5.74) is 5.92. The van der Waals surface area contributed by atoms with E-state index in [-0.39, 0.29) is 16.7 Å². The molecule has 19 heavy (non-hydrogen) atoms. The maximum Gasteiger partial charge on any atom is 0.247 e. The van der Waals surface area contributed by atoms with Crippen LogP contribution in [0.3, 0.4) is 0 Å². The number of rotatable bonds is 3. The molecule has 0 fully saturated rings. The average Bonchev–Trinajstić information content (AvgIpc) is 2.38. The van der Waals surface area contributed by atoms with Crippen molar-refractivity contribution in [3.8, 4) is 17.4 Å². The standard InChI is InChI=1S/C11H8Br2ClN3O2/c1-18-7-2-6(13)8(3-5(7)12)19-11-9(15)10(14)16-4-17-11/h2-4H,15H2,1H3. The first kappa shape index (κ1) is 14.4. The minimum atomic E-state index is 0.147. The van der Waals surface area contributed by atoms with Gasteiger partial charge in [-0.05, 0) is 44.0 Å². The van der Waals surface area contributed by atoms with Gasteiger partial charge in [-0.1, -0.05) is 11.6 Å². The first-order valence-electron chi connectivity index (χ1n) is 4.99. The smallest absolute Gasteiger partial charge is 0.247 e. The Kier molecular flexibility index (Phi) is 4.49. The lowest BCUT2D eigenvalue weighted by Crippen LogP contribution is -1.98. The van der Waals surface area contributed by atoms with Gasteiger partial charge in [0.1, 0.15) is 23.5 Å². The number of hydrogen-bond acceptors (Lipinski definition) is 5. The van der Waals surface area contributed by atoms with E-state index >= 15 is 0 Å². The third-order valence-corrected chi connectivity index (χ3v) is 3.75. The van der Waals surface area contributed by atoms with Gasteiger partial charge < -0.3 is 15.2 Å². The number of hydrogen-bond donors (Lipinski definition) is 1. The lowest BCUT2D eigenvalue weighted by Gasteiger charge is -2.11. The summed E-state index contributed by atoms with van der Waals surface area (Å²) in [5.74, 6) is 1.39. The molecule has 0 aliphatic carbocycles. The fourth-order valence-corrected chi connectivity index (χ4v) is 2.30. The van der Waals surface area contributed by atoms with Gasteiger partial charge in [-0.2, -0.15) is 4.98 Å². The van der Waals surface area contributed by atoms with Crippen LogP contribution in [0.4, 0.5) is 5.69 Å². The SMILES string of the molecule is COc1cc(Br)c(Oc2ncnc(Cl)c2N)cc1Br. The predicted octanol–water partition coefficient (Wildman–Crippen LogP) is 4.04. The van der Waals surface area contributed by atoms with Crippen molar-refractivity contribution in [1.82, 2.24) is 9.97 Å². The number of benzene rings is 1. The number of nitrogen functional groups attached to an aromatic ring is 1. The van der Waals surface area contributed by atoms with Crippen molar-refractivity contribution in [1.29, 1.82) is 0 Å². The predicted molar refractivity (Wildman–Crippen MR) is 79.9 cm³/mol. The zero-order valence-electron chi connectivity index (χ0n) is 9.65. The summed E-state index contributed by atoms with van der Waals surface area (Å²) in [6.07, 6.45) is 1.28. The Labute approximate surface area is 131 Å². The minimum absolute atomic E-state index is 0.147. The van der Waals surface area contributed by atoms with Gasteiger partial charge in [-0.3, -0.25) is 0 Å². The summed E-state index contributed by atoms with van der Waals surface area (Å²) >= 11 is 12.6. The molecule has 0 unspecified atom stereocenters. The number of anilines is 1. The first-order chi connectivity index (χ1) is 9.02. The number of halogens is 3. The molecule has 0 aliphatic rings. The van der Waals surface area contributed by atoms with Crippen molar-refractivity contribution in [3.05, 3.63) is 32.6 Å². The van der Waals surface area contributed by atoms with E-state index in [4.69, 9.17) is 26.8 Å². The normalized spacial score (nSPS) is 10.3. The van der Waals surface area contributed by atoms with Crippen LogP contribution in [-0.2, 0) is 0 Å². The largest absolute Gasteiger partial charge is 0.496 e. The number of methoxy groups -OCH3 is 1. The van der Waals surface area contributed by atoms with E-state index in [2.05, 4.69) is 41.8 Å². The van der Waals surface area contributed by atoms with Gasteiger partial charge >= 0.3 is 0 Å². The van der Waals surface area contributed by atoms with Crippen LogP contribution in [0.2, 0.25) is 5.15 Å². The number of ether oxygens (including phenoxy) is 2. The lowest BCUT2D eigenvalue weighted by molar-refractivity contribution is 0.408. The van der Waals surface area contributed by atoms with Crippen molar-refractivity contribution >= 4 is 49.1 Å². The van der Waals surface area contributed by atoms with E-state index in [0.29, 0.717) is 16.0 Å². The zero-order chi connectivity index (χ0) is 14.0. The van der Waals surface area contributed by atoms with E-state index in [1.807, 2.05) is 0 Å². The van der Waals surface area contributed by atoms with Gasteiger partial charge in [0, 0.05) is 0 Å². The van der Waals surface area contributed by atoms with E-state index in [1.165, 1.54) is 6.33 Å². The Morgan fingerprint density at radius 1 is 1.16 bits per heavy atom. The summed E-state index contributed by atoms with van der Waals surface area (Å²) in [4.78, 5) is 7.69. The average molecular weight is 409 g/mol. The van der Waals surface area contributed by atoms with Crippen LogP contribution in [-0.4, -0.2) is 17.1 Å². The topological polar surface area (TPSA) is 70.3 Å². The Hall–Kier alpha value is -1.05. The molecule has 2 rings (SSSR count). The molecule has 2 N–H and O–H groups in total. The van der Waals surface area contributed by atoms with E-state index < -0.39 is 0 Å². The molecule has 8 heteroatoms. The summed E-state index contributed by atoms with van der Waals surface area (Å²) in [7, 11) is 1.58. The highest BCUT2D eigenvalue weighted by Gasteiger charge is 2.13. The third-order valence-electron chi connectivity index (χ3n) is 2.21. The van der Waals surface area contributed by atoms with Crippen LogP contribution in [0.25, 0.3) is 0 Å². The summed E-state index contributed by atoms with van der Waals surface area (Å²) in [5, 5.41) is 0.147. The maximum absolute atomic E-state index is 5.80. The molecular formula is C11H8Br2ClN3O2. The highest BCUT2D eigenvalue weighted by molar-refractivity contribution is 9.11. The number of nitrogens with zero attached hydrogens (tertiary/aromatic N) is 2. The highest BCUT2D eigenvalue weighted by atomic mass is 79.9. The summed E-state index contributed by atoms with van der Waals surface area (Å²) in [6, 6.07) is 3.50. The van der Waals surface area contributed by atoms with Crippen LogP contribution in [0.1, 0.15) is 0 Å². The summed E-state index contributed by atoms with van der Waals surface area (Å²) < 4.78 is 12.2. The van der Waals surface area contributed by atoms with Crippen LogP contribution in [0.5, 0.6) is 17.4 Å². The second-order valence-corrected chi connectivity index (χ2v) is 5.47. The van der Waals surface area contributed by atoms with Gasteiger partial charge in [-0.15, -0.1) is 0 Å². The van der Waals surface area contributed by atoms with Crippen LogP contribution >= 0.6 is 43.5 Å². The van der Waals surface area contributed by atoms with Crippen molar-refractivity contribution in [3.63, 3.8) is 0 Å². The molecule has 0 radical (unpaired) electrons. The Morgan fingerprint density at radius 2 is 1.79 bits per heavy atom. The van der Waals surface area contributed by atoms with Gasteiger partial charge in [0.15, 0.2) is 5.15 Å². The molecule has 0 atom stereocenters. The molecule has 1 aromatic carbocycles. The van der Waals surface area contributed by atoms with Crippen molar-refractivity contribution in [2.45, 2.75) is 0 Å². The summed E-state index contributed by atoms with van der Waals surface area (Å²) in [6.45, 7) is 0. The second kappa shape index (κ2) is 5.94. The van der Waals surface area contributed by atoms with Gasteiger partial charge in [0.25, 0.3) is 0 Å². The van der Waals surface area contributed by atoms with Crippen LogP contribution in [0.15, 0.2) is 27.4 Å². The Bertz CT molecular complexity index is 625. The zero-order valence-corrected chi connectivity index (χ0v) is 13.6. The Morgan fingerprint density at radius 3 is 2.47 bits per heavy atom. The van der Waals surface area contributed by atoms with Gasteiger partial charge in [-0.25, -0.2) is 4.98 Å². The molecule has 0 bridgehead atoms. The van der Waals surface area contributed by atoms with E-state index in [0.717, 1.165) is 4.47 Å². The van der Waals surface area contributed by atoms with Crippen molar-refractivity contribution < 1.29 is 9.47 Å². The fraction of sp³-hybridized carbons (Fsp3) is 0.0909. The Balaban J connectivity index is 2.38. The minimum Gasteiger partial charge on any atom is -0.496 e. The molecule has 1 aromatic heterocycles. The van der Waals surface area contributed by atoms with Gasteiger partial charge in [0.2, 0.25) is 5.88 Å². The van der Waals surface area contributed by atoms with Crippen molar-refractivity contribution in [2.24, 2.45) is 0 Å². The van der Waals surface area contributed by atoms with Crippen LogP contribution in [0, 0.1) is 0 Å². The molecule has 0 amide bonds. The molecule has 2 aromatic rings. The fourth-order valence-electron chi connectivity index (χ4n) is 1.29. The second-order valence-electron chi connectivity index (χ2n) is 3.40. The lowest BCUT2D eigenvalue weighted by atomic mass is 10.3. The van der Waals surface area contributed by atoms with E-state index in [9.17, 15) is 0 Å². The molecule has 0 saturated heterocycles. The molecule has 5 nitrogen and oxygen atoms in total. The molecule has 0 saturated carbocycles. The monoisotopic (exact) mass is 407 g/mol. The highest BCUT2D eigenvalue weighted by Crippen LogP contribution is 2.39. The van der Waals surface area contributed by atoms with Gasteiger partial charge in [0.05, 0.1) is 16.1 Å². The first-order valence-corrected chi connectivity index (χ1v) is 6.96. The molecular weight excluding hydrogens is 401 g/mol. The van der Waals surface area contributed by atoms with Crippen LogP contribution < -0.4 is 15.2 Å². The molecule has 1 heterocycles. The third kappa shape index (κ3) is 3.10.